The van der Waals surface area contributed by atoms with Crippen molar-refractivity contribution in [1.29, 1.82) is 0 Å². The van der Waals surface area contributed by atoms with Crippen molar-refractivity contribution in [3.05, 3.63) is 63.9 Å². The van der Waals surface area contributed by atoms with Gasteiger partial charge in [-0.3, -0.25) is 4.79 Å². The van der Waals surface area contributed by atoms with Gasteiger partial charge in [0.25, 0.3) is 0 Å². The third kappa shape index (κ3) is 2.79. The first kappa shape index (κ1) is 14.1. The largest absolute Gasteiger partial charge is 0.493 e. The Morgan fingerprint density at radius 2 is 2.05 bits per heavy atom. The number of hydrogen-bond donors (Lipinski definition) is 0. The summed E-state index contributed by atoms with van der Waals surface area (Å²) < 4.78 is 19.4. The summed E-state index contributed by atoms with van der Waals surface area (Å²) in [5.41, 5.74) is 1.77. The molecule has 3 rings (SSSR count). The lowest BCUT2D eigenvalue weighted by Crippen LogP contribution is -2.14. The Labute approximate surface area is 127 Å². The number of fused-ring (bicyclic) bond motifs is 1. The molecule has 0 amide bonds. The molecule has 2 nitrogen and oxygen atoms in total. The lowest BCUT2D eigenvalue weighted by molar-refractivity contribution is 0.0987. The minimum absolute atomic E-state index is 0.0642. The van der Waals surface area contributed by atoms with Crippen molar-refractivity contribution in [3.8, 4) is 5.75 Å². The van der Waals surface area contributed by atoms with E-state index in [1.54, 1.807) is 12.1 Å². The van der Waals surface area contributed by atoms with Crippen LogP contribution in [0.1, 0.15) is 27.9 Å². The summed E-state index contributed by atoms with van der Waals surface area (Å²) in [6.07, 6.45) is 1.78. The predicted molar refractivity (Wildman–Crippen MR) is 79.7 cm³/mol. The summed E-state index contributed by atoms with van der Waals surface area (Å²) in [5.74, 6) is 0.00327. The van der Waals surface area contributed by atoms with Crippen LogP contribution < -0.4 is 4.74 Å². The first-order chi connectivity index (χ1) is 10.2. The Morgan fingerprint density at radius 1 is 1.24 bits per heavy atom. The fraction of sp³-hybridized carbons (Fsp3) is 0.235. The van der Waals surface area contributed by atoms with Crippen LogP contribution in [-0.4, -0.2) is 12.4 Å². The van der Waals surface area contributed by atoms with E-state index >= 15 is 0 Å². The van der Waals surface area contributed by atoms with Crippen molar-refractivity contribution in [2.75, 3.05) is 6.61 Å². The Hall–Kier alpha value is -1.87. The number of ketones is 1. The summed E-state index contributed by atoms with van der Waals surface area (Å²) in [6.45, 7) is 0.609. The first-order valence-electron chi connectivity index (χ1n) is 6.87. The van der Waals surface area contributed by atoms with Crippen LogP contribution in [0, 0.1) is 5.82 Å². The van der Waals surface area contributed by atoms with Crippen LogP contribution in [0.3, 0.4) is 0 Å². The number of aryl methyl sites for hydroxylation is 1. The molecule has 0 bridgehead atoms. The van der Waals surface area contributed by atoms with Gasteiger partial charge in [-0.05, 0) is 36.6 Å². The van der Waals surface area contributed by atoms with Gasteiger partial charge in [-0.2, -0.15) is 0 Å². The second-order valence-corrected chi connectivity index (χ2v) is 5.45. The SMILES string of the molecule is O=C(Cc1c(F)cccc1Cl)c1cccc2c1OCCC2. The van der Waals surface area contributed by atoms with Gasteiger partial charge in [0.15, 0.2) is 5.78 Å². The predicted octanol–water partition coefficient (Wildman–Crippen LogP) is 4.23. The maximum absolute atomic E-state index is 13.8. The van der Waals surface area contributed by atoms with E-state index in [0.717, 1.165) is 18.4 Å². The molecule has 0 N–H and O–H groups in total. The van der Waals surface area contributed by atoms with Crippen LogP contribution >= 0.6 is 11.6 Å². The normalized spacial score (nSPS) is 13.4. The number of rotatable bonds is 3. The van der Waals surface area contributed by atoms with Crippen molar-refractivity contribution in [1.82, 2.24) is 0 Å². The fourth-order valence-corrected chi connectivity index (χ4v) is 2.80. The summed E-state index contributed by atoms with van der Waals surface area (Å²) in [4.78, 5) is 12.5. The van der Waals surface area contributed by atoms with Gasteiger partial charge in [-0.25, -0.2) is 4.39 Å². The third-order valence-electron chi connectivity index (χ3n) is 3.63. The Kier molecular flexibility index (Phi) is 3.93. The van der Waals surface area contributed by atoms with Gasteiger partial charge < -0.3 is 4.74 Å². The minimum Gasteiger partial charge on any atom is -0.493 e. The maximum Gasteiger partial charge on any atom is 0.171 e. The molecule has 0 spiro atoms. The molecular weight excluding hydrogens is 291 g/mol. The monoisotopic (exact) mass is 304 g/mol. The highest BCUT2D eigenvalue weighted by atomic mass is 35.5. The molecule has 0 fully saturated rings. The molecule has 21 heavy (non-hydrogen) atoms. The van der Waals surface area contributed by atoms with Crippen molar-refractivity contribution in [3.63, 3.8) is 0 Å². The topological polar surface area (TPSA) is 26.3 Å². The minimum atomic E-state index is -0.457. The van der Waals surface area contributed by atoms with Crippen LogP contribution in [0.15, 0.2) is 36.4 Å². The molecule has 2 aromatic rings. The molecule has 0 saturated heterocycles. The highest BCUT2D eigenvalue weighted by Crippen LogP contribution is 2.30. The summed E-state index contributed by atoms with van der Waals surface area (Å²) in [5, 5.41) is 0.272. The number of Topliss-reactive ketones (excluding diaryl/α,β-unsaturated/α-hetero) is 1. The number of benzene rings is 2. The molecule has 4 heteroatoms. The Morgan fingerprint density at radius 3 is 2.86 bits per heavy atom. The van der Waals surface area contributed by atoms with Crippen LogP contribution in [0.25, 0.3) is 0 Å². The zero-order valence-electron chi connectivity index (χ0n) is 11.4. The van der Waals surface area contributed by atoms with Crippen molar-refractivity contribution in [2.45, 2.75) is 19.3 Å². The van der Waals surface area contributed by atoms with E-state index < -0.39 is 5.82 Å². The Bertz CT molecular complexity index is 677. The first-order valence-corrected chi connectivity index (χ1v) is 7.25. The highest BCUT2D eigenvalue weighted by Gasteiger charge is 2.21. The number of halogens is 2. The molecule has 0 aromatic heterocycles. The van der Waals surface area contributed by atoms with Gasteiger partial charge in [0.2, 0.25) is 0 Å². The van der Waals surface area contributed by atoms with E-state index in [-0.39, 0.29) is 22.8 Å². The van der Waals surface area contributed by atoms with E-state index in [9.17, 15) is 9.18 Å². The highest BCUT2D eigenvalue weighted by molar-refractivity contribution is 6.31. The molecule has 0 atom stereocenters. The van der Waals surface area contributed by atoms with Gasteiger partial charge in [-0.1, -0.05) is 29.8 Å². The number of ether oxygens (including phenoxy) is 1. The number of carbonyl (C=O) groups excluding carboxylic acids is 1. The number of hydrogen-bond acceptors (Lipinski definition) is 2. The van der Waals surface area contributed by atoms with Crippen molar-refractivity contribution >= 4 is 17.4 Å². The average Bonchev–Trinajstić information content (AvgIpc) is 2.50. The van der Waals surface area contributed by atoms with E-state index in [0.29, 0.717) is 17.9 Å². The molecular formula is C17H14ClFO2. The zero-order chi connectivity index (χ0) is 14.8. The fourth-order valence-electron chi connectivity index (χ4n) is 2.57. The third-order valence-corrected chi connectivity index (χ3v) is 3.99. The lowest BCUT2D eigenvalue weighted by atomic mass is 9.97. The standard InChI is InChI=1S/C17H14ClFO2/c18-14-7-2-8-15(19)13(14)10-16(20)12-6-1-4-11-5-3-9-21-17(11)12/h1-2,4,6-8H,3,5,9-10H2. The number of carbonyl (C=O) groups is 1. The molecule has 0 unspecified atom stereocenters. The van der Waals surface area contributed by atoms with Crippen molar-refractivity contribution in [2.24, 2.45) is 0 Å². The lowest BCUT2D eigenvalue weighted by Gasteiger charge is -2.19. The second kappa shape index (κ2) is 5.86. The molecule has 108 valence electrons. The molecule has 1 heterocycles. The molecule has 0 aliphatic carbocycles. The van der Waals surface area contributed by atoms with Gasteiger partial charge in [-0.15, -0.1) is 0 Å². The zero-order valence-corrected chi connectivity index (χ0v) is 12.1. The average molecular weight is 305 g/mol. The molecule has 2 aromatic carbocycles. The summed E-state index contributed by atoms with van der Waals surface area (Å²) in [7, 11) is 0. The van der Waals surface area contributed by atoms with Crippen molar-refractivity contribution < 1.29 is 13.9 Å². The van der Waals surface area contributed by atoms with E-state index in [4.69, 9.17) is 16.3 Å². The maximum atomic E-state index is 13.8. The van der Waals surface area contributed by atoms with E-state index in [1.165, 1.54) is 12.1 Å². The van der Waals surface area contributed by atoms with Gasteiger partial charge in [0.1, 0.15) is 11.6 Å². The molecule has 0 radical (unpaired) electrons. The molecule has 0 saturated carbocycles. The molecule has 1 aliphatic heterocycles. The van der Waals surface area contributed by atoms with Crippen LogP contribution in [-0.2, 0) is 12.8 Å². The summed E-state index contributed by atoms with van der Waals surface area (Å²) >= 11 is 5.98. The van der Waals surface area contributed by atoms with E-state index in [2.05, 4.69) is 0 Å². The van der Waals surface area contributed by atoms with Crippen LogP contribution in [0.2, 0.25) is 5.02 Å². The van der Waals surface area contributed by atoms with E-state index in [1.807, 2.05) is 12.1 Å². The van der Waals surface area contributed by atoms with Crippen LogP contribution in [0.4, 0.5) is 4.39 Å². The summed E-state index contributed by atoms with van der Waals surface area (Å²) in [6, 6.07) is 9.95. The van der Waals surface area contributed by atoms with Gasteiger partial charge in [0.05, 0.1) is 12.2 Å². The van der Waals surface area contributed by atoms with Crippen LogP contribution in [0.5, 0.6) is 5.75 Å². The quantitative estimate of drug-likeness (QED) is 0.793. The molecule has 1 aliphatic rings. The smallest absolute Gasteiger partial charge is 0.171 e. The Balaban J connectivity index is 1.93. The number of para-hydroxylation sites is 1. The van der Waals surface area contributed by atoms with Gasteiger partial charge >= 0.3 is 0 Å². The van der Waals surface area contributed by atoms with Gasteiger partial charge in [0, 0.05) is 17.0 Å². The second-order valence-electron chi connectivity index (χ2n) is 5.05.